The Morgan fingerprint density at radius 2 is 1.42 bits per heavy atom. The number of hydrogen-bond acceptors (Lipinski definition) is 3. The van der Waals surface area contributed by atoms with Gasteiger partial charge in [-0.25, -0.2) is 0 Å². The van der Waals surface area contributed by atoms with Gasteiger partial charge in [-0.3, -0.25) is 9.78 Å². The quantitative estimate of drug-likeness (QED) is 0.258. The van der Waals surface area contributed by atoms with E-state index in [1.165, 1.54) is 82.6 Å². The second-order valence-electron chi connectivity index (χ2n) is 9.24. The molecule has 0 aliphatic carbocycles. The maximum absolute atomic E-state index is 12.9. The lowest BCUT2D eigenvalue weighted by molar-refractivity contribution is 0.496. The van der Waals surface area contributed by atoms with Crippen LogP contribution in [0, 0.1) is 0 Å². The van der Waals surface area contributed by atoms with Gasteiger partial charge in [-0.15, -0.1) is 0 Å². The van der Waals surface area contributed by atoms with Gasteiger partial charge in [0.1, 0.15) is 5.65 Å². The molecular weight excluding hydrogens is 384 g/mol. The normalized spacial score (nSPS) is 11.7. The molecule has 2 heterocycles. The highest BCUT2D eigenvalue weighted by Crippen LogP contribution is 2.33. The minimum absolute atomic E-state index is 0.0747. The molecule has 0 aliphatic rings. The van der Waals surface area contributed by atoms with Gasteiger partial charge >= 0.3 is 0 Å². The van der Waals surface area contributed by atoms with Crippen LogP contribution < -0.4 is 11.3 Å². The third kappa shape index (κ3) is 8.01. The van der Waals surface area contributed by atoms with E-state index in [4.69, 9.17) is 5.73 Å². The number of aromatic amines is 1. The molecule has 0 amide bonds. The fourth-order valence-corrected chi connectivity index (χ4v) is 4.70. The number of rotatable bonds is 17. The predicted octanol–water partition coefficient (Wildman–Crippen LogP) is 7.30. The van der Waals surface area contributed by atoms with E-state index in [0.717, 1.165) is 36.8 Å². The molecule has 0 aromatic carbocycles. The van der Waals surface area contributed by atoms with Crippen molar-refractivity contribution >= 4 is 17.0 Å². The maximum Gasteiger partial charge on any atom is 0.262 e. The fourth-order valence-electron chi connectivity index (χ4n) is 4.70. The molecule has 3 N–H and O–H groups in total. The summed E-state index contributed by atoms with van der Waals surface area (Å²) in [6.07, 6.45) is 20.8. The number of H-pyrrole nitrogens is 1. The number of fused-ring (bicyclic) bond motifs is 1. The molecule has 31 heavy (non-hydrogen) atoms. The summed E-state index contributed by atoms with van der Waals surface area (Å²) in [5.41, 5.74) is 7.82. The highest BCUT2D eigenvalue weighted by atomic mass is 16.1. The lowest BCUT2D eigenvalue weighted by Crippen LogP contribution is -2.13. The minimum Gasteiger partial charge on any atom is -0.369 e. The second kappa shape index (κ2) is 14.3. The molecule has 2 rings (SSSR count). The smallest absolute Gasteiger partial charge is 0.262 e. The first-order valence-corrected chi connectivity index (χ1v) is 13.0. The van der Waals surface area contributed by atoms with Crippen LogP contribution in [0.25, 0.3) is 11.0 Å². The Bertz CT molecular complexity index is 796. The van der Waals surface area contributed by atoms with Gasteiger partial charge in [0.15, 0.2) is 0 Å². The number of nitrogens with one attached hydrogen (secondary N) is 1. The van der Waals surface area contributed by atoms with Crippen molar-refractivity contribution in [2.75, 3.05) is 5.73 Å². The number of aromatic nitrogens is 3. The third-order valence-electron chi connectivity index (χ3n) is 6.53. The molecule has 0 atom stereocenters. The number of nitrogens with two attached hydrogens (primary N) is 1. The summed E-state index contributed by atoms with van der Waals surface area (Å²) >= 11 is 0. The molecule has 0 saturated heterocycles. The van der Waals surface area contributed by atoms with E-state index in [9.17, 15) is 4.79 Å². The molecule has 0 fully saturated rings. The largest absolute Gasteiger partial charge is 0.369 e. The Kier molecular flexibility index (Phi) is 11.8. The summed E-state index contributed by atoms with van der Waals surface area (Å²) in [7, 11) is 0. The van der Waals surface area contributed by atoms with E-state index in [1.807, 2.05) is 0 Å². The molecule has 0 saturated carbocycles. The molecule has 0 spiro atoms. The molecular formula is C26H46N4O. The van der Waals surface area contributed by atoms with Gasteiger partial charge in [0, 0.05) is 12.7 Å². The Hall–Kier alpha value is -1.78. The average Bonchev–Trinajstić information content (AvgIpc) is 3.11. The lowest BCUT2D eigenvalue weighted by Gasteiger charge is -2.16. The van der Waals surface area contributed by atoms with Crippen LogP contribution in [0.4, 0.5) is 5.95 Å². The van der Waals surface area contributed by atoms with E-state index in [0.29, 0.717) is 5.92 Å². The van der Waals surface area contributed by atoms with Crippen molar-refractivity contribution in [3.05, 3.63) is 22.1 Å². The van der Waals surface area contributed by atoms with Crippen molar-refractivity contribution in [3.63, 3.8) is 0 Å². The summed E-state index contributed by atoms with van der Waals surface area (Å²) in [5, 5.41) is 0.777. The first-order chi connectivity index (χ1) is 15.1. The number of hydrogen-bond donors (Lipinski definition) is 2. The predicted molar refractivity (Wildman–Crippen MR) is 134 cm³/mol. The second-order valence-corrected chi connectivity index (χ2v) is 9.24. The van der Waals surface area contributed by atoms with Crippen LogP contribution in [-0.4, -0.2) is 14.5 Å². The molecule has 2 aromatic heterocycles. The van der Waals surface area contributed by atoms with E-state index in [2.05, 4.69) is 41.5 Å². The van der Waals surface area contributed by atoms with E-state index in [-0.39, 0.29) is 11.5 Å². The third-order valence-corrected chi connectivity index (χ3v) is 6.53. The molecule has 5 heteroatoms. The van der Waals surface area contributed by atoms with Crippen LogP contribution in [-0.2, 0) is 6.54 Å². The summed E-state index contributed by atoms with van der Waals surface area (Å²) in [6.45, 7) is 7.66. The lowest BCUT2D eigenvalue weighted by atomic mass is 9.88. The van der Waals surface area contributed by atoms with Gasteiger partial charge in [-0.2, -0.15) is 4.98 Å². The average molecular weight is 431 g/mol. The number of nitrogens with zero attached hydrogens (tertiary/aromatic N) is 2. The SMILES string of the molecule is CCCCCCCn1cc(C(CCCCCC)CCCCCC)c2c(=O)[nH]c(N)nc21. The van der Waals surface area contributed by atoms with Gasteiger partial charge in [0.25, 0.3) is 5.56 Å². The molecule has 5 nitrogen and oxygen atoms in total. The van der Waals surface area contributed by atoms with Gasteiger partial charge in [-0.05, 0) is 30.7 Å². The number of unbranched alkanes of at least 4 members (excludes halogenated alkanes) is 10. The molecule has 0 radical (unpaired) electrons. The number of nitrogen functional groups attached to an aromatic ring is 1. The molecule has 0 unspecified atom stereocenters. The van der Waals surface area contributed by atoms with Crippen molar-refractivity contribution in [2.24, 2.45) is 0 Å². The summed E-state index contributed by atoms with van der Waals surface area (Å²) < 4.78 is 2.20. The Labute approximate surface area is 189 Å². The topological polar surface area (TPSA) is 76.7 Å². The summed E-state index contributed by atoms with van der Waals surface area (Å²) in [5.74, 6) is 0.654. The first-order valence-electron chi connectivity index (χ1n) is 13.0. The van der Waals surface area contributed by atoms with Gasteiger partial charge in [0.05, 0.1) is 5.39 Å². The molecule has 176 valence electrons. The highest BCUT2D eigenvalue weighted by Gasteiger charge is 2.21. The van der Waals surface area contributed by atoms with Crippen LogP contribution in [0.1, 0.15) is 129 Å². The zero-order chi connectivity index (χ0) is 22.5. The van der Waals surface area contributed by atoms with Crippen molar-refractivity contribution < 1.29 is 0 Å². The Balaban J connectivity index is 2.27. The van der Waals surface area contributed by atoms with Crippen molar-refractivity contribution in [1.82, 2.24) is 14.5 Å². The van der Waals surface area contributed by atoms with Crippen LogP contribution in [0.15, 0.2) is 11.0 Å². The van der Waals surface area contributed by atoms with Crippen LogP contribution in [0.5, 0.6) is 0 Å². The zero-order valence-electron chi connectivity index (χ0n) is 20.3. The minimum atomic E-state index is -0.0747. The number of anilines is 1. The number of aryl methyl sites for hydroxylation is 1. The fraction of sp³-hybridized carbons (Fsp3) is 0.769. The monoisotopic (exact) mass is 430 g/mol. The summed E-state index contributed by atoms with van der Waals surface area (Å²) in [6, 6.07) is 0. The van der Waals surface area contributed by atoms with Gasteiger partial charge in [-0.1, -0.05) is 97.8 Å². The maximum atomic E-state index is 12.9. The van der Waals surface area contributed by atoms with Crippen molar-refractivity contribution in [2.45, 2.75) is 130 Å². The molecule has 0 aliphatic heterocycles. The van der Waals surface area contributed by atoms with Gasteiger partial charge in [0.2, 0.25) is 5.95 Å². The van der Waals surface area contributed by atoms with E-state index in [1.54, 1.807) is 0 Å². The molecule has 2 aromatic rings. The van der Waals surface area contributed by atoms with Crippen LogP contribution in [0.3, 0.4) is 0 Å². The van der Waals surface area contributed by atoms with Crippen molar-refractivity contribution in [3.8, 4) is 0 Å². The zero-order valence-corrected chi connectivity index (χ0v) is 20.3. The highest BCUT2D eigenvalue weighted by molar-refractivity contribution is 5.81. The van der Waals surface area contributed by atoms with Crippen molar-refractivity contribution in [1.29, 1.82) is 0 Å². The van der Waals surface area contributed by atoms with Crippen LogP contribution >= 0.6 is 0 Å². The standard InChI is InChI=1S/C26H46N4O/c1-4-7-10-13-16-19-30-20-22(23-24(30)28-26(27)29-25(23)31)21(17-14-11-8-5-2)18-15-12-9-6-3/h20-21H,4-19H2,1-3H3,(H3,27,28,29,31). The Morgan fingerprint density at radius 3 is 2.00 bits per heavy atom. The summed E-state index contributed by atoms with van der Waals surface area (Å²) in [4.78, 5) is 20.2. The van der Waals surface area contributed by atoms with E-state index < -0.39 is 0 Å². The Morgan fingerprint density at radius 1 is 0.871 bits per heavy atom. The first kappa shape index (κ1) is 25.5. The molecule has 0 bridgehead atoms. The van der Waals surface area contributed by atoms with Crippen LogP contribution in [0.2, 0.25) is 0 Å². The van der Waals surface area contributed by atoms with E-state index >= 15 is 0 Å². The van der Waals surface area contributed by atoms with Gasteiger partial charge < -0.3 is 10.3 Å².